The van der Waals surface area contributed by atoms with Gasteiger partial charge in [0.25, 0.3) is 0 Å². The van der Waals surface area contributed by atoms with Crippen LogP contribution in [0.15, 0.2) is 91.1 Å². The minimum atomic E-state index is -0.703. The fourth-order valence-electron chi connectivity index (χ4n) is 4.14. The topological polar surface area (TPSA) is 67.1 Å². The van der Waals surface area contributed by atoms with Crippen molar-refractivity contribution in [3.8, 4) is 11.5 Å². The summed E-state index contributed by atoms with van der Waals surface area (Å²) in [5.74, 6) is 1.43. The molecule has 0 aliphatic rings. The summed E-state index contributed by atoms with van der Waals surface area (Å²) in [5, 5.41) is 22.8. The standard InChI is InChI=1S/C28H32N2O4/c1-33-26-11-13-27(14-12-26)34-21-25(32)19-29(17-22-7-3-2-4-8-22)18-24(31)20-30-16-15-23-9-5-6-10-28(23)30/h2-16,24-25,31-32H,17-21H2,1H3. The lowest BCUT2D eigenvalue weighted by molar-refractivity contribution is 0.0384. The van der Waals surface area contributed by atoms with Gasteiger partial charge in [-0.15, -0.1) is 0 Å². The Hall–Kier alpha value is -3.32. The molecule has 4 aromatic rings. The zero-order valence-corrected chi connectivity index (χ0v) is 19.5. The van der Waals surface area contributed by atoms with Crippen molar-refractivity contribution < 1.29 is 19.7 Å². The molecule has 0 fully saturated rings. The Balaban J connectivity index is 1.37. The second-order valence-corrected chi connectivity index (χ2v) is 8.50. The smallest absolute Gasteiger partial charge is 0.119 e. The van der Waals surface area contributed by atoms with Crippen LogP contribution in [-0.4, -0.2) is 58.7 Å². The molecular weight excluding hydrogens is 428 g/mol. The van der Waals surface area contributed by atoms with E-state index in [-0.39, 0.29) is 6.61 Å². The Labute approximate surface area is 200 Å². The Kier molecular flexibility index (Phi) is 8.20. The zero-order valence-electron chi connectivity index (χ0n) is 19.5. The van der Waals surface area contributed by atoms with Crippen molar-refractivity contribution in [1.82, 2.24) is 9.47 Å². The van der Waals surface area contributed by atoms with Gasteiger partial charge in [0.2, 0.25) is 0 Å². The summed E-state index contributed by atoms with van der Waals surface area (Å²) in [5.41, 5.74) is 2.23. The van der Waals surface area contributed by atoms with E-state index in [1.807, 2.05) is 60.8 Å². The summed E-state index contributed by atoms with van der Waals surface area (Å²) in [4.78, 5) is 2.08. The first kappa shape index (κ1) is 23.8. The lowest BCUT2D eigenvalue weighted by Crippen LogP contribution is -2.40. The summed E-state index contributed by atoms with van der Waals surface area (Å²) in [7, 11) is 1.62. The molecule has 2 unspecified atom stereocenters. The first-order chi connectivity index (χ1) is 16.6. The van der Waals surface area contributed by atoms with E-state index < -0.39 is 12.2 Å². The third kappa shape index (κ3) is 6.60. The van der Waals surface area contributed by atoms with Gasteiger partial charge in [-0.05, 0) is 47.3 Å². The monoisotopic (exact) mass is 460 g/mol. The fraction of sp³-hybridized carbons (Fsp3) is 0.286. The van der Waals surface area contributed by atoms with Gasteiger partial charge in [0.15, 0.2) is 0 Å². The summed E-state index contributed by atoms with van der Waals surface area (Å²) in [6, 6.07) is 27.6. The number of aromatic nitrogens is 1. The van der Waals surface area contributed by atoms with Gasteiger partial charge in [-0.3, -0.25) is 4.90 Å². The number of aliphatic hydroxyl groups is 2. The van der Waals surface area contributed by atoms with E-state index in [1.54, 1.807) is 7.11 Å². The van der Waals surface area contributed by atoms with Crippen LogP contribution in [0.5, 0.6) is 11.5 Å². The number of methoxy groups -OCH3 is 1. The van der Waals surface area contributed by atoms with Gasteiger partial charge in [0.1, 0.15) is 24.2 Å². The normalized spacial score (nSPS) is 13.2. The average Bonchev–Trinajstić information content (AvgIpc) is 3.26. The maximum atomic E-state index is 10.9. The lowest BCUT2D eigenvalue weighted by atomic mass is 10.2. The summed E-state index contributed by atoms with van der Waals surface area (Å²) in [6.07, 6.45) is 0.715. The van der Waals surface area contributed by atoms with Crippen LogP contribution in [0.1, 0.15) is 5.56 Å². The number of benzene rings is 3. The number of nitrogens with zero attached hydrogens (tertiary/aromatic N) is 2. The van der Waals surface area contributed by atoms with Crippen LogP contribution >= 0.6 is 0 Å². The van der Waals surface area contributed by atoms with Crippen LogP contribution in [0.4, 0.5) is 0 Å². The van der Waals surface area contributed by atoms with Crippen molar-refractivity contribution in [2.45, 2.75) is 25.3 Å². The van der Waals surface area contributed by atoms with Crippen LogP contribution in [0, 0.1) is 0 Å². The largest absolute Gasteiger partial charge is 0.497 e. The van der Waals surface area contributed by atoms with E-state index in [1.165, 1.54) is 0 Å². The zero-order chi connectivity index (χ0) is 23.8. The van der Waals surface area contributed by atoms with Gasteiger partial charge in [-0.2, -0.15) is 0 Å². The Morgan fingerprint density at radius 1 is 0.794 bits per heavy atom. The van der Waals surface area contributed by atoms with E-state index in [0.717, 1.165) is 22.2 Å². The number of ether oxygens (including phenoxy) is 2. The molecule has 0 radical (unpaired) electrons. The van der Waals surface area contributed by atoms with E-state index in [0.29, 0.717) is 31.9 Å². The van der Waals surface area contributed by atoms with Gasteiger partial charge < -0.3 is 24.3 Å². The first-order valence-corrected chi connectivity index (χ1v) is 11.5. The van der Waals surface area contributed by atoms with Crippen molar-refractivity contribution in [1.29, 1.82) is 0 Å². The molecule has 0 aliphatic heterocycles. The molecule has 178 valence electrons. The lowest BCUT2D eigenvalue weighted by Gasteiger charge is -2.28. The molecule has 34 heavy (non-hydrogen) atoms. The maximum Gasteiger partial charge on any atom is 0.119 e. The van der Waals surface area contributed by atoms with Gasteiger partial charge >= 0.3 is 0 Å². The molecule has 4 rings (SSSR count). The second kappa shape index (κ2) is 11.7. The molecule has 2 atom stereocenters. The highest BCUT2D eigenvalue weighted by Gasteiger charge is 2.18. The molecule has 0 amide bonds. The number of aliphatic hydroxyl groups excluding tert-OH is 2. The van der Waals surface area contributed by atoms with E-state index >= 15 is 0 Å². The molecule has 0 saturated heterocycles. The molecule has 2 N–H and O–H groups in total. The highest BCUT2D eigenvalue weighted by molar-refractivity contribution is 5.79. The quantitative estimate of drug-likeness (QED) is 0.335. The van der Waals surface area contributed by atoms with Gasteiger partial charge in [0, 0.05) is 37.9 Å². The van der Waals surface area contributed by atoms with Crippen molar-refractivity contribution in [2.24, 2.45) is 0 Å². The van der Waals surface area contributed by atoms with Crippen molar-refractivity contribution in [3.05, 3.63) is 96.7 Å². The van der Waals surface area contributed by atoms with Gasteiger partial charge in [0.05, 0.1) is 13.2 Å². The van der Waals surface area contributed by atoms with Gasteiger partial charge in [-0.1, -0.05) is 48.5 Å². The molecule has 0 aliphatic carbocycles. The average molecular weight is 461 g/mol. The highest BCUT2D eigenvalue weighted by atomic mass is 16.5. The fourth-order valence-corrected chi connectivity index (χ4v) is 4.14. The second-order valence-electron chi connectivity index (χ2n) is 8.50. The van der Waals surface area contributed by atoms with Gasteiger partial charge in [-0.25, -0.2) is 0 Å². The van der Waals surface area contributed by atoms with E-state index in [4.69, 9.17) is 9.47 Å². The minimum Gasteiger partial charge on any atom is -0.497 e. The molecule has 3 aromatic carbocycles. The van der Waals surface area contributed by atoms with Crippen molar-refractivity contribution in [3.63, 3.8) is 0 Å². The van der Waals surface area contributed by atoms with Crippen LogP contribution in [0.25, 0.3) is 10.9 Å². The van der Waals surface area contributed by atoms with Crippen LogP contribution in [0.2, 0.25) is 0 Å². The predicted octanol–water partition coefficient (Wildman–Crippen LogP) is 3.95. The number of para-hydroxylation sites is 1. The molecule has 0 bridgehead atoms. The molecule has 1 heterocycles. The molecule has 6 heteroatoms. The summed E-state index contributed by atoms with van der Waals surface area (Å²) in [6.45, 7) is 2.09. The first-order valence-electron chi connectivity index (χ1n) is 11.5. The minimum absolute atomic E-state index is 0.163. The predicted molar refractivity (Wildman–Crippen MR) is 134 cm³/mol. The Bertz CT molecular complexity index is 1140. The number of hydrogen-bond donors (Lipinski definition) is 2. The van der Waals surface area contributed by atoms with E-state index in [2.05, 4.69) is 39.8 Å². The highest BCUT2D eigenvalue weighted by Crippen LogP contribution is 2.18. The molecular formula is C28H32N2O4. The number of fused-ring (bicyclic) bond motifs is 1. The van der Waals surface area contributed by atoms with Crippen LogP contribution in [0.3, 0.4) is 0 Å². The van der Waals surface area contributed by atoms with Crippen LogP contribution in [-0.2, 0) is 13.1 Å². The third-order valence-electron chi connectivity index (χ3n) is 5.78. The third-order valence-corrected chi connectivity index (χ3v) is 5.78. The SMILES string of the molecule is COc1ccc(OCC(O)CN(Cc2ccccc2)CC(O)Cn2ccc3ccccc32)cc1. The molecule has 0 saturated carbocycles. The molecule has 0 spiro atoms. The number of rotatable bonds is 12. The molecule has 1 aromatic heterocycles. The van der Waals surface area contributed by atoms with E-state index in [9.17, 15) is 10.2 Å². The van der Waals surface area contributed by atoms with Crippen LogP contribution < -0.4 is 9.47 Å². The Morgan fingerprint density at radius 2 is 1.47 bits per heavy atom. The van der Waals surface area contributed by atoms with Crippen molar-refractivity contribution >= 4 is 10.9 Å². The maximum absolute atomic E-state index is 10.9. The Morgan fingerprint density at radius 3 is 2.24 bits per heavy atom. The van der Waals surface area contributed by atoms with Crippen molar-refractivity contribution in [2.75, 3.05) is 26.8 Å². The molecule has 6 nitrogen and oxygen atoms in total. The number of hydrogen-bond acceptors (Lipinski definition) is 5. The summed E-state index contributed by atoms with van der Waals surface area (Å²) < 4.78 is 13.0. The summed E-state index contributed by atoms with van der Waals surface area (Å²) >= 11 is 0.